The van der Waals surface area contributed by atoms with E-state index in [0.717, 1.165) is 43.1 Å². The summed E-state index contributed by atoms with van der Waals surface area (Å²) in [5, 5.41) is 0. The Morgan fingerprint density at radius 1 is 1.20 bits per heavy atom. The normalized spacial score (nSPS) is 17.9. The lowest BCUT2D eigenvalue weighted by Crippen LogP contribution is -2.45. The van der Waals surface area contributed by atoms with Gasteiger partial charge in [-0.1, -0.05) is 6.07 Å². The molecule has 2 N–H and O–H groups in total. The Labute approximate surface area is 120 Å². The van der Waals surface area contributed by atoms with Crippen LogP contribution in [-0.2, 0) is 13.0 Å². The smallest absolute Gasteiger partial charge is 0.137 e. The fourth-order valence-corrected chi connectivity index (χ4v) is 2.75. The minimum Gasteiger partial charge on any atom is -0.325 e. The Balaban J connectivity index is 1.66. The van der Waals surface area contributed by atoms with Crippen LogP contribution in [0.5, 0.6) is 0 Å². The average Bonchev–Trinajstić information content (AvgIpc) is 2.89. The summed E-state index contributed by atoms with van der Waals surface area (Å²) in [5.41, 5.74) is 9.04. The first-order valence-electron chi connectivity index (χ1n) is 7.33. The molecule has 0 aromatic carbocycles. The van der Waals surface area contributed by atoms with Gasteiger partial charge in [0, 0.05) is 57.6 Å². The van der Waals surface area contributed by atoms with Crippen molar-refractivity contribution >= 4 is 5.65 Å². The average molecular weight is 273 g/mol. The van der Waals surface area contributed by atoms with Gasteiger partial charge in [0.05, 0.1) is 5.69 Å². The summed E-state index contributed by atoms with van der Waals surface area (Å²) in [5.74, 6) is 0. The van der Waals surface area contributed by atoms with Crippen LogP contribution in [0.15, 0.2) is 24.4 Å². The second-order valence-electron chi connectivity index (χ2n) is 5.58. The molecule has 3 rings (SSSR count). The van der Waals surface area contributed by atoms with E-state index in [4.69, 9.17) is 10.7 Å². The first-order chi connectivity index (χ1) is 9.76. The van der Waals surface area contributed by atoms with Gasteiger partial charge < -0.3 is 19.9 Å². The van der Waals surface area contributed by atoms with Gasteiger partial charge in [-0.05, 0) is 19.2 Å². The van der Waals surface area contributed by atoms with E-state index >= 15 is 0 Å². The Kier molecular flexibility index (Phi) is 4.00. The molecule has 1 fully saturated rings. The maximum absolute atomic E-state index is 5.77. The highest BCUT2D eigenvalue weighted by Crippen LogP contribution is 2.10. The fraction of sp³-hybridized carbons (Fsp3) is 0.533. The van der Waals surface area contributed by atoms with Gasteiger partial charge in [-0.2, -0.15) is 0 Å². The molecule has 0 atom stereocenters. The lowest BCUT2D eigenvalue weighted by Gasteiger charge is -2.32. The van der Waals surface area contributed by atoms with E-state index in [1.807, 2.05) is 12.1 Å². The number of fused-ring (bicyclic) bond motifs is 1. The molecule has 2 aromatic rings. The molecule has 5 nitrogen and oxygen atoms in total. The van der Waals surface area contributed by atoms with Crippen LogP contribution in [0, 0.1) is 0 Å². The zero-order valence-electron chi connectivity index (χ0n) is 12.1. The summed E-state index contributed by atoms with van der Waals surface area (Å²) >= 11 is 0. The first-order valence-corrected chi connectivity index (χ1v) is 7.33. The first kappa shape index (κ1) is 13.5. The van der Waals surface area contributed by atoms with E-state index in [0.29, 0.717) is 6.54 Å². The molecule has 0 saturated carbocycles. The van der Waals surface area contributed by atoms with Crippen molar-refractivity contribution < 1.29 is 0 Å². The number of rotatable bonds is 4. The van der Waals surface area contributed by atoms with Crippen LogP contribution in [-0.4, -0.2) is 59.0 Å². The van der Waals surface area contributed by atoms with Crippen molar-refractivity contribution in [3.05, 3.63) is 35.8 Å². The van der Waals surface area contributed by atoms with Crippen LogP contribution in [0.25, 0.3) is 5.65 Å². The lowest BCUT2D eigenvalue weighted by molar-refractivity contribution is 0.155. The van der Waals surface area contributed by atoms with Crippen molar-refractivity contribution in [3.8, 4) is 0 Å². The third-order valence-electron chi connectivity index (χ3n) is 4.12. The predicted octanol–water partition coefficient (Wildman–Crippen LogP) is 0.583. The molecule has 0 amide bonds. The number of nitrogens with two attached hydrogens (primary N) is 1. The monoisotopic (exact) mass is 273 g/mol. The lowest BCUT2D eigenvalue weighted by atomic mass is 10.2. The van der Waals surface area contributed by atoms with Gasteiger partial charge in [-0.3, -0.25) is 0 Å². The van der Waals surface area contributed by atoms with Gasteiger partial charge in [-0.15, -0.1) is 0 Å². The third-order valence-corrected chi connectivity index (χ3v) is 4.12. The van der Waals surface area contributed by atoms with Crippen LogP contribution in [0.4, 0.5) is 0 Å². The summed E-state index contributed by atoms with van der Waals surface area (Å²) in [7, 11) is 2.19. The molecular weight excluding hydrogens is 250 g/mol. The topological polar surface area (TPSA) is 49.8 Å². The molecule has 2 aromatic heterocycles. The molecular formula is C15H23N5. The minimum atomic E-state index is 0.547. The molecule has 0 unspecified atom stereocenters. The number of aromatic nitrogens is 2. The maximum atomic E-state index is 5.77. The van der Waals surface area contributed by atoms with Crippen molar-refractivity contribution in [1.29, 1.82) is 0 Å². The molecule has 0 spiro atoms. The Bertz CT molecular complexity index is 569. The quantitative estimate of drug-likeness (QED) is 0.885. The Morgan fingerprint density at radius 2 is 2.00 bits per heavy atom. The predicted molar refractivity (Wildman–Crippen MR) is 80.7 cm³/mol. The third kappa shape index (κ3) is 2.85. The van der Waals surface area contributed by atoms with Gasteiger partial charge >= 0.3 is 0 Å². The number of hydrogen-bond donors (Lipinski definition) is 1. The number of hydrogen-bond acceptors (Lipinski definition) is 4. The molecule has 0 radical (unpaired) electrons. The van der Waals surface area contributed by atoms with Crippen LogP contribution in [0.2, 0.25) is 0 Å². The summed E-state index contributed by atoms with van der Waals surface area (Å²) in [4.78, 5) is 9.60. The molecule has 1 aliphatic heterocycles. The van der Waals surface area contributed by atoms with Gasteiger partial charge in [0.15, 0.2) is 0 Å². The minimum absolute atomic E-state index is 0.547. The summed E-state index contributed by atoms with van der Waals surface area (Å²) < 4.78 is 2.11. The number of nitrogens with zero attached hydrogens (tertiary/aromatic N) is 4. The zero-order valence-corrected chi connectivity index (χ0v) is 12.1. The van der Waals surface area contributed by atoms with Crippen LogP contribution < -0.4 is 5.73 Å². The van der Waals surface area contributed by atoms with Crippen molar-refractivity contribution in [1.82, 2.24) is 19.2 Å². The highest BCUT2D eigenvalue weighted by molar-refractivity contribution is 5.41. The van der Waals surface area contributed by atoms with Gasteiger partial charge in [0.1, 0.15) is 5.65 Å². The van der Waals surface area contributed by atoms with Crippen LogP contribution in [0.1, 0.15) is 11.4 Å². The second kappa shape index (κ2) is 5.91. The summed E-state index contributed by atoms with van der Waals surface area (Å²) in [6.45, 7) is 6.31. The van der Waals surface area contributed by atoms with Gasteiger partial charge in [-0.25, -0.2) is 4.98 Å². The van der Waals surface area contributed by atoms with Crippen molar-refractivity contribution in [2.45, 2.75) is 13.0 Å². The molecule has 1 saturated heterocycles. The van der Waals surface area contributed by atoms with E-state index < -0.39 is 0 Å². The van der Waals surface area contributed by atoms with Crippen LogP contribution >= 0.6 is 0 Å². The van der Waals surface area contributed by atoms with E-state index in [2.05, 4.69) is 33.5 Å². The van der Waals surface area contributed by atoms with Crippen molar-refractivity contribution in [3.63, 3.8) is 0 Å². The number of likely N-dealkylation sites (N-methyl/N-ethyl adjacent to an activating group) is 1. The molecule has 20 heavy (non-hydrogen) atoms. The van der Waals surface area contributed by atoms with Gasteiger partial charge in [0.25, 0.3) is 0 Å². The highest BCUT2D eigenvalue weighted by Gasteiger charge is 2.14. The van der Waals surface area contributed by atoms with Crippen molar-refractivity contribution in [2.75, 3.05) is 39.8 Å². The van der Waals surface area contributed by atoms with Crippen molar-refractivity contribution in [2.24, 2.45) is 5.73 Å². The molecule has 0 bridgehead atoms. The fourth-order valence-electron chi connectivity index (χ4n) is 2.75. The van der Waals surface area contributed by atoms with E-state index in [1.165, 1.54) is 13.1 Å². The SMILES string of the molecule is CN1CCN(CCc2cn3c(CN)cccc3n2)CC1. The Hall–Kier alpha value is -1.43. The standard InChI is InChI=1S/C15H23N5/c1-18-7-9-19(10-8-18)6-5-13-12-20-14(11-16)3-2-4-15(20)17-13/h2-4,12H,5-11,16H2,1H3. The highest BCUT2D eigenvalue weighted by atomic mass is 15.2. The number of pyridine rings is 1. The van der Waals surface area contributed by atoms with Crippen LogP contribution in [0.3, 0.4) is 0 Å². The maximum Gasteiger partial charge on any atom is 0.137 e. The van der Waals surface area contributed by atoms with E-state index in [-0.39, 0.29) is 0 Å². The van der Waals surface area contributed by atoms with E-state index in [9.17, 15) is 0 Å². The van der Waals surface area contributed by atoms with Gasteiger partial charge in [0.2, 0.25) is 0 Å². The largest absolute Gasteiger partial charge is 0.325 e. The summed E-state index contributed by atoms with van der Waals surface area (Å²) in [6.07, 6.45) is 3.14. The van der Waals surface area contributed by atoms with E-state index in [1.54, 1.807) is 0 Å². The second-order valence-corrected chi connectivity index (χ2v) is 5.58. The molecule has 5 heteroatoms. The molecule has 3 heterocycles. The number of imidazole rings is 1. The molecule has 1 aliphatic rings. The summed E-state index contributed by atoms with van der Waals surface area (Å²) in [6, 6.07) is 6.12. The number of piperazine rings is 1. The Morgan fingerprint density at radius 3 is 2.75 bits per heavy atom. The molecule has 0 aliphatic carbocycles. The molecule has 108 valence electrons. The zero-order chi connectivity index (χ0) is 13.9.